The molecule has 3 aromatic rings. The van der Waals surface area contributed by atoms with Gasteiger partial charge in [0.2, 0.25) is 0 Å². The lowest BCUT2D eigenvalue weighted by atomic mass is 10.1. The highest BCUT2D eigenvalue weighted by Crippen LogP contribution is 2.34. The lowest BCUT2D eigenvalue weighted by Gasteiger charge is -2.11. The molecule has 2 aromatic carbocycles. The molecule has 94 valence electrons. The number of aromatic nitrogens is 2. The van der Waals surface area contributed by atoms with Crippen LogP contribution in [-0.2, 0) is 13.5 Å². The van der Waals surface area contributed by atoms with Crippen molar-refractivity contribution in [3.63, 3.8) is 0 Å². The van der Waals surface area contributed by atoms with Crippen LogP contribution in [0.15, 0.2) is 48.5 Å². The fourth-order valence-electron chi connectivity index (χ4n) is 2.93. The van der Waals surface area contributed by atoms with Crippen molar-refractivity contribution in [3.8, 4) is 0 Å². The van der Waals surface area contributed by atoms with Gasteiger partial charge in [0.25, 0.3) is 0 Å². The number of anilines is 1. The SMILES string of the molecule is Cn1c(C2Cc3ccccc3N2)nc2ccccc21. The summed E-state index contributed by atoms with van der Waals surface area (Å²) < 4.78 is 2.19. The molecule has 0 aliphatic carbocycles. The summed E-state index contributed by atoms with van der Waals surface area (Å²) in [6.07, 6.45) is 1.01. The molecular formula is C16H15N3. The Morgan fingerprint density at radius 2 is 1.89 bits per heavy atom. The first-order valence-electron chi connectivity index (χ1n) is 6.59. The summed E-state index contributed by atoms with van der Waals surface area (Å²) in [5, 5.41) is 3.57. The van der Waals surface area contributed by atoms with Gasteiger partial charge in [0.05, 0.1) is 17.1 Å². The van der Waals surface area contributed by atoms with Crippen molar-refractivity contribution in [2.75, 3.05) is 5.32 Å². The molecule has 3 nitrogen and oxygen atoms in total. The van der Waals surface area contributed by atoms with Crippen LogP contribution in [0, 0.1) is 0 Å². The molecule has 0 radical (unpaired) electrons. The minimum atomic E-state index is 0.273. The maximum Gasteiger partial charge on any atom is 0.132 e. The van der Waals surface area contributed by atoms with E-state index in [1.807, 2.05) is 6.07 Å². The largest absolute Gasteiger partial charge is 0.375 e. The van der Waals surface area contributed by atoms with Crippen LogP contribution in [0.25, 0.3) is 11.0 Å². The Morgan fingerprint density at radius 1 is 1.11 bits per heavy atom. The van der Waals surface area contributed by atoms with Crippen LogP contribution in [0.1, 0.15) is 17.4 Å². The number of hydrogen-bond donors (Lipinski definition) is 1. The third kappa shape index (κ3) is 1.55. The molecule has 1 aliphatic heterocycles. The standard InChI is InChI=1S/C16H15N3/c1-19-15-9-5-4-8-13(15)18-16(19)14-10-11-6-2-3-7-12(11)17-14/h2-9,14,17H,10H2,1H3. The van der Waals surface area contributed by atoms with Crippen LogP contribution in [0.4, 0.5) is 5.69 Å². The number of rotatable bonds is 1. The van der Waals surface area contributed by atoms with Crippen molar-refractivity contribution in [3.05, 3.63) is 59.9 Å². The second kappa shape index (κ2) is 3.85. The van der Waals surface area contributed by atoms with Gasteiger partial charge in [-0.05, 0) is 23.8 Å². The highest BCUT2D eigenvalue weighted by atomic mass is 15.1. The predicted molar refractivity (Wildman–Crippen MR) is 77.2 cm³/mol. The molecule has 1 aromatic heterocycles. The number of imidazole rings is 1. The molecule has 0 saturated carbocycles. The number of hydrogen-bond acceptors (Lipinski definition) is 2. The topological polar surface area (TPSA) is 29.9 Å². The monoisotopic (exact) mass is 249 g/mol. The molecule has 0 spiro atoms. The Morgan fingerprint density at radius 3 is 2.74 bits per heavy atom. The Kier molecular flexibility index (Phi) is 2.15. The average molecular weight is 249 g/mol. The molecule has 1 aliphatic rings. The van der Waals surface area contributed by atoms with Crippen molar-refractivity contribution < 1.29 is 0 Å². The number of para-hydroxylation sites is 3. The summed E-state index contributed by atoms with van der Waals surface area (Å²) in [5.74, 6) is 1.11. The normalized spacial score (nSPS) is 17.4. The molecule has 3 heteroatoms. The van der Waals surface area contributed by atoms with Crippen LogP contribution in [0.2, 0.25) is 0 Å². The second-order valence-corrected chi connectivity index (χ2v) is 5.08. The van der Waals surface area contributed by atoms with Gasteiger partial charge in [0.1, 0.15) is 5.82 Å². The van der Waals surface area contributed by atoms with E-state index in [0.717, 1.165) is 17.8 Å². The number of fused-ring (bicyclic) bond motifs is 2. The van der Waals surface area contributed by atoms with Crippen molar-refractivity contribution in [1.82, 2.24) is 9.55 Å². The summed E-state index contributed by atoms with van der Waals surface area (Å²) in [5.41, 5.74) is 4.87. The summed E-state index contributed by atoms with van der Waals surface area (Å²) in [6, 6.07) is 17.1. The van der Waals surface area contributed by atoms with E-state index in [4.69, 9.17) is 4.98 Å². The van der Waals surface area contributed by atoms with Crippen LogP contribution in [-0.4, -0.2) is 9.55 Å². The van der Waals surface area contributed by atoms with Gasteiger partial charge in [-0.3, -0.25) is 0 Å². The van der Waals surface area contributed by atoms with Crippen LogP contribution >= 0.6 is 0 Å². The predicted octanol–water partition coefficient (Wildman–Crippen LogP) is 3.28. The highest BCUT2D eigenvalue weighted by Gasteiger charge is 2.25. The molecule has 4 rings (SSSR count). The van der Waals surface area contributed by atoms with E-state index in [2.05, 4.69) is 59.4 Å². The lowest BCUT2D eigenvalue weighted by Crippen LogP contribution is -2.11. The molecule has 0 saturated heterocycles. The fourth-order valence-corrected chi connectivity index (χ4v) is 2.93. The third-order valence-corrected chi connectivity index (χ3v) is 3.90. The average Bonchev–Trinajstić information content (AvgIpc) is 3.00. The molecule has 1 atom stereocenters. The Labute approximate surface area is 111 Å². The van der Waals surface area contributed by atoms with E-state index in [-0.39, 0.29) is 6.04 Å². The van der Waals surface area contributed by atoms with Crippen LogP contribution in [0.3, 0.4) is 0 Å². The molecule has 0 amide bonds. The summed E-state index contributed by atoms with van der Waals surface area (Å²) >= 11 is 0. The van der Waals surface area contributed by atoms with E-state index in [9.17, 15) is 0 Å². The first-order chi connectivity index (χ1) is 9.33. The zero-order valence-corrected chi connectivity index (χ0v) is 10.8. The Hall–Kier alpha value is -2.29. The molecule has 0 bridgehead atoms. The maximum absolute atomic E-state index is 4.78. The van der Waals surface area contributed by atoms with Crippen molar-refractivity contribution >= 4 is 16.7 Å². The molecule has 1 unspecified atom stereocenters. The van der Waals surface area contributed by atoms with Crippen molar-refractivity contribution in [2.24, 2.45) is 7.05 Å². The van der Waals surface area contributed by atoms with Crippen LogP contribution in [0.5, 0.6) is 0 Å². The van der Waals surface area contributed by atoms with Crippen molar-refractivity contribution in [1.29, 1.82) is 0 Å². The second-order valence-electron chi connectivity index (χ2n) is 5.08. The van der Waals surface area contributed by atoms with Crippen molar-refractivity contribution in [2.45, 2.75) is 12.5 Å². The maximum atomic E-state index is 4.78. The quantitative estimate of drug-likeness (QED) is 0.717. The minimum absolute atomic E-state index is 0.273. The zero-order valence-electron chi connectivity index (χ0n) is 10.8. The summed E-state index contributed by atoms with van der Waals surface area (Å²) in [7, 11) is 2.09. The summed E-state index contributed by atoms with van der Waals surface area (Å²) in [6.45, 7) is 0. The first-order valence-corrected chi connectivity index (χ1v) is 6.59. The van der Waals surface area contributed by atoms with E-state index in [1.165, 1.54) is 16.8 Å². The summed E-state index contributed by atoms with van der Waals surface area (Å²) in [4.78, 5) is 4.78. The van der Waals surface area contributed by atoms with Gasteiger partial charge in [-0.25, -0.2) is 4.98 Å². The van der Waals surface area contributed by atoms with Gasteiger partial charge in [-0.1, -0.05) is 30.3 Å². The Bertz CT molecular complexity index is 733. The molecule has 0 fully saturated rings. The number of nitrogens with zero attached hydrogens (tertiary/aromatic N) is 2. The lowest BCUT2D eigenvalue weighted by molar-refractivity contribution is 0.704. The fraction of sp³-hybridized carbons (Fsp3) is 0.188. The first kappa shape index (κ1) is 10.6. The highest BCUT2D eigenvalue weighted by molar-refractivity contribution is 5.76. The van der Waals surface area contributed by atoms with Gasteiger partial charge in [-0.15, -0.1) is 0 Å². The number of nitrogens with one attached hydrogen (secondary N) is 1. The van der Waals surface area contributed by atoms with Gasteiger partial charge >= 0.3 is 0 Å². The Balaban J connectivity index is 1.79. The third-order valence-electron chi connectivity index (χ3n) is 3.90. The number of benzene rings is 2. The molecule has 1 N–H and O–H groups in total. The van der Waals surface area contributed by atoms with Gasteiger partial charge < -0.3 is 9.88 Å². The molecule has 19 heavy (non-hydrogen) atoms. The van der Waals surface area contributed by atoms with E-state index in [1.54, 1.807) is 0 Å². The minimum Gasteiger partial charge on any atom is -0.375 e. The van der Waals surface area contributed by atoms with Gasteiger partial charge in [-0.2, -0.15) is 0 Å². The van der Waals surface area contributed by atoms with Crippen LogP contribution < -0.4 is 5.32 Å². The van der Waals surface area contributed by atoms with E-state index in [0.29, 0.717) is 0 Å². The number of aryl methyl sites for hydroxylation is 1. The van der Waals surface area contributed by atoms with Gasteiger partial charge in [0.15, 0.2) is 0 Å². The van der Waals surface area contributed by atoms with E-state index < -0.39 is 0 Å². The van der Waals surface area contributed by atoms with E-state index >= 15 is 0 Å². The zero-order chi connectivity index (χ0) is 12.8. The molecule has 2 heterocycles. The molecular weight excluding hydrogens is 234 g/mol. The van der Waals surface area contributed by atoms with Gasteiger partial charge in [0, 0.05) is 19.2 Å². The smallest absolute Gasteiger partial charge is 0.132 e.